The molecule has 5 heteroatoms. The van der Waals surface area contributed by atoms with E-state index in [1.807, 2.05) is 11.4 Å². The molecule has 1 amide bonds. The van der Waals surface area contributed by atoms with Crippen molar-refractivity contribution in [1.29, 1.82) is 0 Å². The molecule has 1 aliphatic rings. The van der Waals surface area contributed by atoms with Gasteiger partial charge in [0.25, 0.3) is 0 Å². The van der Waals surface area contributed by atoms with E-state index in [2.05, 4.69) is 5.32 Å². The van der Waals surface area contributed by atoms with Crippen LogP contribution in [0.3, 0.4) is 0 Å². The normalized spacial score (nSPS) is 23.0. The molecule has 3 N–H and O–H groups in total. The highest BCUT2D eigenvalue weighted by Gasteiger charge is 2.20. The Hall–Kier alpha value is -1.20. The van der Waals surface area contributed by atoms with Crippen molar-refractivity contribution in [3.8, 4) is 0 Å². The minimum absolute atomic E-state index is 0.0228. The van der Waals surface area contributed by atoms with Crippen LogP contribution in [-0.4, -0.2) is 23.8 Å². The molecule has 1 aromatic heterocycles. The monoisotopic (exact) mass is 280 g/mol. The number of amides is 1. The summed E-state index contributed by atoms with van der Waals surface area (Å²) in [6.45, 7) is 0. The van der Waals surface area contributed by atoms with Gasteiger partial charge in [-0.2, -0.15) is 0 Å². The van der Waals surface area contributed by atoms with Crippen LogP contribution >= 0.6 is 11.3 Å². The van der Waals surface area contributed by atoms with Crippen LogP contribution in [0.5, 0.6) is 0 Å². The quantitative estimate of drug-likeness (QED) is 0.811. The van der Waals surface area contributed by atoms with Gasteiger partial charge in [-0.25, -0.2) is 0 Å². The van der Waals surface area contributed by atoms with E-state index < -0.39 is 0 Å². The molecule has 0 atom stereocenters. The lowest BCUT2D eigenvalue weighted by atomic mass is 9.92. The Labute approximate surface area is 117 Å². The Morgan fingerprint density at radius 2 is 2.00 bits per heavy atom. The number of nitrogens with one attached hydrogen (secondary N) is 1. The largest absolute Gasteiger partial charge is 0.353 e. The van der Waals surface area contributed by atoms with Crippen LogP contribution in [0.15, 0.2) is 17.5 Å². The van der Waals surface area contributed by atoms with Gasteiger partial charge in [-0.05, 0) is 37.1 Å². The summed E-state index contributed by atoms with van der Waals surface area (Å²) in [5, 5.41) is 4.87. The molecule has 0 bridgehead atoms. The van der Waals surface area contributed by atoms with E-state index in [0.29, 0.717) is 6.42 Å². The summed E-state index contributed by atoms with van der Waals surface area (Å²) in [6, 6.07) is 4.18. The van der Waals surface area contributed by atoms with Crippen LogP contribution in [0, 0.1) is 0 Å². The third-order valence-corrected chi connectivity index (χ3v) is 4.42. The van der Waals surface area contributed by atoms with Crippen LogP contribution < -0.4 is 11.1 Å². The highest BCUT2D eigenvalue weighted by molar-refractivity contribution is 7.12. The molecule has 0 unspecified atom stereocenters. The first-order valence-corrected chi connectivity index (χ1v) is 7.65. The Balaban J connectivity index is 1.69. The second-order valence-electron chi connectivity index (χ2n) is 5.08. The lowest BCUT2D eigenvalue weighted by Gasteiger charge is -2.26. The summed E-state index contributed by atoms with van der Waals surface area (Å²) in [5.74, 6) is 0.0289. The van der Waals surface area contributed by atoms with Crippen molar-refractivity contribution in [2.45, 2.75) is 50.6 Å². The number of hydrogen-bond acceptors (Lipinski definition) is 4. The zero-order valence-corrected chi connectivity index (χ0v) is 11.7. The van der Waals surface area contributed by atoms with Gasteiger partial charge >= 0.3 is 0 Å². The third-order valence-electron chi connectivity index (χ3n) is 3.51. The van der Waals surface area contributed by atoms with E-state index in [4.69, 9.17) is 5.73 Å². The number of carbonyl (C=O) groups is 2. The highest BCUT2D eigenvalue weighted by atomic mass is 32.1. The molecule has 2 rings (SSSR count). The number of nitrogens with two attached hydrogens (primary N) is 1. The number of carbonyl (C=O) groups excluding carboxylic acids is 2. The first-order valence-electron chi connectivity index (χ1n) is 6.77. The molecule has 1 fully saturated rings. The van der Waals surface area contributed by atoms with E-state index in [-0.39, 0.29) is 30.2 Å². The van der Waals surface area contributed by atoms with Crippen molar-refractivity contribution >= 4 is 23.0 Å². The summed E-state index contributed by atoms with van der Waals surface area (Å²) >= 11 is 1.42. The van der Waals surface area contributed by atoms with Gasteiger partial charge in [0.15, 0.2) is 5.78 Å². The average Bonchev–Trinajstić information content (AvgIpc) is 2.93. The molecular weight excluding hydrogens is 260 g/mol. The standard InChI is InChI=1S/C14H20N2O2S/c15-10-3-5-11(6-4-10)16-14(18)8-7-12(17)13-2-1-9-19-13/h1-2,9-11H,3-8,15H2,(H,16,18). The summed E-state index contributed by atoms with van der Waals surface area (Å²) < 4.78 is 0. The fourth-order valence-electron chi connectivity index (χ4n) is 2.35. The number of Topliss-reactive ketones (excluding diaryl/α,β-unsaturated/α-hetero) is 1. The maximum Gasteiger partial charge on any atom is 0.220 e. The zero-order chi connectivity index (χ0) is 13.7. The van der Waals surface area contributed by atoms with Crippen molar-refractivity contribution in [3.05, 3.63) is 22.4 Å². The minimum atomic E-state index is -0.0228. The first kappa shape index (κ1) is 14.2. The highest BCUT2D eigenvalue weighted by Crippen LogP contribution is 2.17. The van der Waals surface area contributed by atoms with E-state index >= 15 is 0 Å². The van der Waals surface area contributed by atoms with Gasteiger partial charge in [0.2, 0.25) is 5.91 Å². The van der Waals surface area contributed by atoms with Crippen LogP contribution in [0.2, 0.25) is 0 Å². The van der Waals surface area contributed by atoms with Gasteiger partial charge in [0.1, 0.15) is 0 Å². The first-order chi connectivity index (χ1) is 9.15. The minimum Gasteiger partial charge on any atom is -0.353 e. The van der Waals surface area contributed by atoms with Crippen molar-refractivity contribution in [1.82, 2.24) is 5.32 Å². The van der Waals surface area contributed by atoms with Crippen LogP contribution in [0.1, 0.15) is 48.2 Å². The lowest BCUT2D eigenvalue weighted by molar-refractivity contribution is -0.122. The molecule has 1 aliphatic carbocycles. The Bertz CT molecular complexity index is 423. The van der Waals surface area contributed by atoms with Gasteiger partial charge in [-0.3, -0.25) is 9.59 Å². The Morgan fingerprint density at radius 1 is 1.26 bits per heavy atom. The molecule has 1 aromatic rings. The maximum absolute atomic E-state index is 11.8. The van der Waals surface area contributed by atoms with Crippen molar-refractivity contribution in [3.63, 3.8) is 0 Å². The Morgan fingerprint density at radius 3 is 2.63 bits per heavy atom. The average molecular weight is 280 g/mol. The van der Waals surface area contributed by atoms with Crippen molar-refractivity contribution in [2.75, 3.05) is 0 Å². The summed E-state index contributed by atoms with van der Waals surface area (Å²) in [6.07, 6.45) is 4.41. The molecule has 19 heavy (non-hydrogen) atoms. The number of thiophene rings is 1. The topological polar surface area (TPSA) is 72.2 Å². The second-order valence-corrected chi connectivity index (χ2v) is 6.03. The van der Waals surface area contributed by atoms with Gasteiger partial charge in [0.05, 0.1) is 4.88 Å². The van der Waals surface area contributed by atoms with Crippen LogP contribution in [-0.2, 0) is 4.79 Å². The summed E-state index contributed by atoms with van der Waals surface area (Å²) in [4.78, 5) is 24.3. The summed E-state index contributed by atoms with van der Waals surface area (Å²) in [7, 11) is 0. The number of rotatable bonds is 5. The zero-order valence-electron chi connectivity index (χ0n) is 10.9. The van der Waals surface area contributed by atoms with E-state index in [1.54, 1.807) is 6.07 Å². The lowest BCUT2D eigenvalue weighted by Crippen LogP contribution is -2.40. The molecule has 1 saturated carbocycles. The molecule has 0 spiro atoms. The van der Waals surface area contributed by atoms with E-state index in [9.17, 15) is 9.59 Å². The molecule has 0 radical (unpaired) electrons. The van der Waals surface area contributed by atoms with Gasteiger partial charge in [-0.1, -0.05) is 6.07 Å². The SMILES string of the molecule is NC1CCC(NC(=O)CCC(=O)c2cccs2)CC1. The smallest absolute Gasteiger partial charge is 0.220 e. The van der Waals surface area contributed by atoms with Crippen molar-refractivity contribution in [2.24, 2.45) is 5.73 Å². The molecular formula is C14H20N2O2S. The Kier molecular flexibility index (Phi) is 5.10. The van der Waals surface area contributed by atoms with E-state index in [1.165, 1.54) is 11.3 Å². The van der Waals surface area contributed by atoms with E-state index in [0.717, 1.165) is 30.6 Å². The summed E-state index contributed by atoms with van der Waals surface area (Å²) in [5.41, 5.74) is 5.82. The molecule has 4 nitrogen and oxygen atoms in total. The van der Waals surface area contributed by atoms with Crippen LogP contribution in [0.25, 0.3) is 0 Å². The third kappa shape index (κ3) is 4.44. The van der Waals surface area contributed by atoms with Gasteiger partial charge in [0, 0.05) is 24.9 Å². The fourth-order valence-corrected chi connectivity index (χ4v) is 3.05. The molecule has 1 heterocycles. The molecule has 104 valence electrons. The maximum atomic E-state index is 11.8. The van der Waals surface area contributed by atoms with Crippen molar-refractivity contribution < 1.29 is 9.59 Å². The second kappa shape index (κ2) is 6.82. The molecule has 0 aromatic carbocycles. The molecule has 0 aliphatic heterocycles. The van der Waals surface area contributed by atoms with Crippen LogP contribution in [0.4, 0.5) is 0 Å². The van der Waals surface area contributed by atoms with Gasteiger partial charge in [-0.15, -0.1) is 11.3 Å². The molecule has 0 saturated heterocycles. The fraction of sp³-hybridized carbons (Fsp3) is 0.571. The number of hydrogen-bond donors (Lipinski definition) is 2. The number of ketones is 1. The van der Waals surface area contributed by atoms with Gasteiger partial charge < -0.3 is 11.1 Å². The predicted octanol–water partition coefficient (Wildman–Crippen LogP) is 2.10. The predicted molar refractivity (Wildman–Crippen MR) is 76.3 cm³/mol.